The molecule has 3 aromatic carbocycles. The Morgan fingerprint density at radius 1 is 0.971 bits per heavy atom. The number of piperidine rings is 1. The van der Waals surface area contributed by atoms with Crippen molar-refractivity contribution in [3.63, 3.8) is 0 Å². The lowest BCUT2D eigenvalue weighted by atomic mass is 10.0. The van der Waals surface area contributed by atoms with Gasteiger partial charge in [0.1, 0.15) is 11.9 Å². The van der Waals surface area contributed by atoms with Crippen molar-refractivity contribution in [3.8, 4) is 5.75 Å². The molecule has 0 saturated carbocycles. The summed E-state index contributed by atoms with van der Waals surface area (Å²) in [6.07, 6.45) is 5.68. The first-order valence-electron chi connectivity index (χ1n) is 13.1. The minimum Gasteiger partial charge on any atom is -0.490 e. The molecule has 2 saturated heterocycles. The Bertz CT molecular complexity index is 1130. The molecule has 1 unspecified atom stereocenters. The van der Waals surface area contributed by atoms with Gasteiger partial charge < -0.3 is 15.0 Å². The second-order valence-electron chi connectivity index (χ2n) is 10.1. The molecule has 1 atom stereocenters. The van der Waals surface area contributed by atoms with E-state index in [9.17, 15) is 4.79 Å². The average Bonchev–Trinajstić information content (AvgIpc) is 3.30. The summed E-state index contributed by atoms with van der Waals surface area (Å²) in [7, 11) is 2.18. The van der Waals surface area contributed by atoms with E-state index in [0.717, 1.165) is 44.6 Å². The Morgan fingerprint density at radius 2 is 1.77 bits per heavy atom. The minimum atomic E-state index is -0.0130. The third-order valence-corrected chi connectivity index (χ3v) is 7.64. The lowest BCUT2D eigenvalue weighted by Crippen LogP contribution is -2.37. The monoisotopic (exact) mass is 471 g/mol. The Morgan fingerprint density at radius 3 is 2.60 bits per heavy atom. The van der Waals surface area contributed by atoms with E-state index in [0.29, 0.717) is 18.2 Å². The molecule has 3 aromatic rings. The van der Waals surface area contributed by atoms with Crippen molar-refractivity contribution in [2.75, 3.05) is 33.2 Å². The Hall–Kier alpha value is -2.89. The average molecular weight is 472 g/mol. The van der Waals surface area contributed by atoms with Gasteiger partial charge >= 0.3 is 0 Å². The minimum absolute atomic E-state index is 0.0130. The Kier molecular flexibility index (Phi) is 7.65. The lowest BCUT2D eigenvalue weighted by molar-refractivity contribution is 0.0935. The lowest BCUT2D eigenvalue weighted by Gasteiger charge is -2.32. The van der Waals surface area contributed by atoms with Crippen LogP contribution in [0.5, 0.6) is 5.75 Å². The molecule has 2 aliphatic heterocycles. The SMILES string of the molecule is CN1CCCC1CCNC(=O)c1cccc(OC2CCN(Cc3cccc4ccccc34)CC2)c1. The predicted molar refractivity (Wildman–Crippen MR) is 142 cm³/mol. The number of likely N-dealkylation sites (tertiary alicyclic amines) is 2. The molecule has 1 amide bonds. The molecule has 0 aromatic heterocycles. The highest BCUT2D eigenvalue weighted by atomic mass is 16.5. The fraction of sp³-hybridized carbons (Fsp3) is 0.433. The first-order valence-corrected chi connectivity index (χ1v) is 13.1. The maximum absolute atomic E-state index is 12.7. The zero-order valence-corrected chi connectivity index (χ0v) is 20.8. The van der Waals surface area contributed by atoms with Crippen LogP contribution in [-0.4, -0.2) is 61.1 Å². The van der Waals surface area contributed by atoms with E-state index >= 15 is 0 Å². The number of fused-ring (bicyclic) bond motifs is 1. The maximum atomic E-state index is 12.7. The number of benzene rings is 3. The number of carbonyl (C=O) groups excluding carboxylic acids is 1. The number of carbonyl (C=O) groups is 1. The molecule has 1 N–H and O–H groups in total. The van der Waals surface area contributed by atoms with E-state index in [-0.39, 0.29) is 12.0 Å². The van der Waals surface area contributed by atoms with Crippen LogP contribution in [-0.2, 0) is 6.54 Å². The van der Waals surface area contributed by atoms with Crippen LogP contribution in [0.1, 0.15) is 48.0 Å². The first kappa shape index (κ1) is 23.8. The van der Waals surface area contributed by atoms with Gasteiger partial charge in [0.05, 0.1) is 0 Å². The molecule has 0 radical (unpaired) electrons. The summed E-state index contributed by atoms with van der Waals surface area (Å²) in [6, 6.07) is 23.4. The van der Waals surface area contributed by atoms with Crippen LogP contribution in [0.25, 0.3) is 10.8 Å². The zero-order valence-electron chi connectivity index (χ0n) is 20.8. The summed E-state index contributed by atoms with van der Waals surface area (Å²) in [5, 5.41) is 5.74. The van der Waals surface area contributed by atoms with Crippen LogP contribution in [0, 0.1) is 0 Å². The van der Waals surface area contributed by atoms with Gasteiger partial charge in [0, 0.05) is 37.8 Å². The molecule has 0 aliphatic carbocycles. The van der Waals surface area contributed by atoms with Crippen LogP contribution in [0.3, 0.4) is 0 Å². The van der Waals surface area contributed by atoms with Gasteiger partial charge in [0.25, 0.3) is 5.91 Å². The zero-order chi connectivity index (χ0) is 24.0. The van der Waals surface area contributed by atoms with Crippen LogP contribution in [0.15, 0.2) is 66.7 Å². The summed E-state index contributed by atoms with van der Waals surface area (Å²) in [4.78, 5) is 17.6. The number of nitrogens with one attached hydrogen (secondary N) is 1. The quantitative estimate of drug-likeness (QED) is 0.497. The highest BCUT2D eigenvalue weighted by molar-refractivity contribution is 5.94. The van der Waals surface area contributed by atoms with Crippen LogP contribution < -0.4 is 10.1 Å². The van der Waals surface area contributed by atoms with Gasteiger partial charge in [-0.2, -0.15) is 0 Å². The van der Waals surface area contributed by atoms with E-state index in [1.54, 1.807) is 0 Å². The fourth-order valence-corrected chi connectivity index (χ4v) is 5.56. The van der Waals surface area contributed by atoms with Gasteiger partial charge in [-0.05, 0) is 80.2 Å². The van der Waals surface area contributed by atoms with E-state index in [4.69, 9.17) is 4.74 Å². The molecular formula is C30H37N3O2. The van der Waals surface area contributed by atoms with Crippen molar-refractivity contribution in [1.29, 1.82) is 0 Å². The summed E-state index contributed by atoms with van der Waals surface area (Å²) >= 11 is 0. The summed E-state index contributed by atoms with van der Waals surface area (Å²) < 4.78 is 6.30. The predicted octanol–water partition coefficient (Wildman–Crippen LogP) is 5.10. The molecule has 184 valence electrons. The molecule has 0 bridgehead atoms. The van der Waals surface area contributed by atoms with E-state index in [2.05, 4.69) is 64.6 Å². The largest absolute Gasteiger partial charge is 0.490 e. The summed E-state index contributed by atoms with van der Waals surface area (Å²) in [5.74, 6) is 0.779. The second-order valence-corrected chi connectivity index (χ2v) is 10.1. The number of rotatable bonds is 8. The molecule has 0 spiro atoms. The first-order chi connectivity index (χ1) is 17.2. The molecular weight excluding hydrogens is 434 g/mol. The van der Waals surface area contributed by atoms with Crippen molar-refractivity contribution in [2.45, 2.75) is 50.8 Å². The van der Waals surface area contributed by atoms with E-state index in [1.165, 1.54) is 35.7 Å². The van der Waals surface area contributed by atoms with Crippen molar-refractivity contribution in [2.24, 2.45) is 0 Å². The standard InChI is InChI=1S/C30H37N3O2/c1-32-18-6-11-26(32)14-17-31-30(34)24-9-5-12-28(21-24)35-27-15-19-33(20-16-27)22-25-10-4-8-23-7-2-3-13-29(23)25/h2-5,7-10,12-13,21,26-27H,6,11,14-20,22H2,1H3,(H,31,34). The molecule has 35 heavy (non-hydrogen) atoms. The van der Waals surface area contributed by atoms with E-state index < -0.39 is 0 Å². The highest BCUT2D eigenvalue weighted by Crippen LogP contribution is 2.24. The summed E-state index contributed by atoms with van der Waals surface area (Å²) in [5.41, 5.74) is 2.07. The van der Waals surface area contributed by atoms with Gasteiger partial charge in [-0.1, -0.05) is 48.5 Å². The van der Waals surface area contributed by atoms with Crippen molar-refractivity contribution in [1.82, 2.24) is 15.1 Å². The van der Waals surface area contributed by atoms with E-state index in [1.807, 2.05) is 24.3 Å². The Balaban J connectivity index is 1.10. The van der Waals surface area contributed by atoms with Gasteiger partial charge in [0.2, 0.25) is 0 Å². The number of hydrogen-bond donors (Lipinski definition) is 1. The topological polar surface area (TPSA) is 44.8 Å². The maximum Gasteiger partial charge on any atom is 0.251 e. The third-order valence-electron chi connectivity index (χ3n) is 7.64. The van der Waals surface area contributed by atoms with Gasteiger partial charge in [-0.25, -0.2) is 0 Å². The fourth-order valence-electron chi connectivity index (χ4n) is 5.56. The molecule has 5 rings (SSSR count). The highest BCUT2D eigenvalue weighted by Gasteiger charge is 2.22. The number of hydrogen-bond acceptors (Lipinski definition) is 4. The van der Waals surface area contributed by atoms with Gasteiger partial charge in [-0.15, -0.1) is 0 Å². The van der Waals surface area contributed by atoms with Gasteiger partial charge in [0.15, 0.2) is 0 Å². The van der Waals surface area contributed by atoms with Crippen LogP contribution in [0.4, 0.5) is 0 Å². The van der Waals surface area contributed by atoms with Crippen molar-refractivity contribution in [3.05, 3.63) is 77.9 Å². The second kappa shape index (κ2) is 11.2. The van der Waals surface area contributed by atoms with Gasteiger partial charge in [-0.3, -0.25) is 9.69 Å². The Labute approximate surface area is 209 Å². The third kappa shape index (κ3) is 6.03. The van der Waals surface area contributed by atoms with Crippen molar-refractivity contribution < 1.29 is 9.53 Å². The smallest absolute Gasteiger partial charge is 0.251 e. The molecule has 2 heterocycles. The summed E-state index contributed by atoms with van der Waals surface area (Å²) in [6.45, 7) is 4.89. The number of amides is 1. The molecule has 2 fully saturated rings. The normalized spacial score (nSPS) is 19.7. The van der Waals surface area contributed by atoms with Crippen molar-refractivity contribution >= 4 is 16.7 Å². The molecule has 2 aliphatic rings. The number of nitrogens with zero attached hydrogens (tertiary/aromatic N) is 2. The molecule has 5 heteroatoms. The molecule has 5 nitrogen and oxygen atoms in total. The number of ether oxygens (including phenoxy) is 1. The van der Waals surface area contributed by atoms with Crippen LogP contribution in [0.2, 0.25) is 0 Å². The van der Waals surface area contributed by atoms with Crippen LogP contribution >= 0.6 is 0 Å².